The molecule has 0 radical (unpaired) electrons. The molecule has 1 N–H and O–H groups in total. The molecule has 0 saturated heterocycles. The number of hydrogen-bond donors (Lipinski definition) is 1. The van der Waals surface area contributed by atoms with Crippen molar-refractivity contribution in [2.24, 2.45) is 0 Å². The van der Waals surface area contributed by atoms with Gasteiger partial charge in [0.1, 0.15) is 11.5 Å². The molecule has 0 unspecified atom stereocenters. The Balaban J connectivity index is 2.14. The molecule has 1 aromatic carbocycles. The first kappa shape index (κ1) is 12.0. The number of halogens is 1. The van der Waals surface area contributed by atoms with Crippen LogP contribution in [0.25, 0.3) is 10.9 Å². The van der Waals surface area contributed by atoms with Crippen LogP contribution >= 0.6 is 15.9 Å². The molecule has 2 aromatic heterocycles. The lowest BCUT2D eigenvalue weighted by atomic mass is 10.2. The van der Waals surface area contributed by atoms with E-state index in [1.165, 1.54) is 0 Å². The van der Waals surface area contributed by atoms with Crippen LogP contribution in [0.1, 0.15) is 16.2 Å². The summed E-state index contributed by atoms with van der Waals surface area (Å²) in [4.78, 5) is 11.3. The van der Waals surface area contributed by atoms with E-state index < -0.39 is 5.97 Å². The van der Waals surface area contributed by atoms with Crippen LogP contribution < -0.4 is 0 Å². The van der Waals surface area contributed by atoms with Gasteiger partial charge in [-0.1, -0.05) is 18.2 Å². The summed E-state index contributed by atoms with van der Waals surface area (Å²) in [6, 6.07) is 12.9. The van der Waals surface area contributed by atoms with Crippen LogP contribution in [0, 0.1) is 0 Å². The largest absolute Gasteiger partial charge is 0.477 e. The van der Waals surface area contributed by atoms with E-state index in [2.05, 4.69) is 15.9 Å². The van der Waals surface area contributed by atoms with E-state index in [9.17, 15) is 9.90 Å². The molecule has 19 heavy (non-hydrogen) atoms. The molecule has 0 aliphatic carbocycles. The minimum Gasteiger partial charge on any atom is -0.477 e. The van der Waals surface area contributed by atoms with Gasteiger partial charge in [0.25, 0.3) is 0 Å². The fraction of sp³-hybridized carbons (Fsp3) is 0.0714. The van der Waals surface area contributed by atoms with Gasteiger partial charge in [-0.05, 0) is 40.2 Å². The lowest BCUT2D eigenvalue weighted by Gasteiger charge is -2.06. The smallest absolute Gasteiger partial charge is 0.352 e. The summed E-state index contributed by atoms with van der Waals surface area (Å²) in [6.45, 7) is 0.390. The van der Waals surface area contributed by atoms with E-state index in [4.69, 9.17) is 4.42 Å². The second-order valence-corrected chi connectivity index (χ2v) is 4.97. The maximum absolute atomic E-state index is 11.3. The van der Waals surface area contributed by atoms with Gasteiger partial charge in [-0.25, -0.2) is 4.79 Å². The summed E-state index contributed by atoms with van der Waals surface area (Å²) < 4.78 is 7.82. The number of nitrogens with zero attached hydrogens (tertiary/aromatic N) is 1. The second kappa shape index (κ2) is 4.59. The molecule has 0 aliphatic rings. The molecular formula is C14H10BrNO3. The monoisotopic (exact) mass is 319 g/mol. The highest BCUT2D eigenvalue weighted by atomic mass is 79.9. The van der Waals surface area contributed by atoms with Gasteiger partial charge in [0, 0.05) is 10.9 Å². The fourth-order valence-corrected chi connectivity index (χ4v) is 2.49. The van der Waals surface area contributed by atoms with Crippen molar-refractivity contribution < 1.29 is 14.3 Å². The molecule has 4 nitrogen and oxygen atoms in total. The highest BCUT2D eigenvalue weighted by molar-refractivity contribution is 9.10. The molecular weight excluding hydrogens is 310 g/mol. The van der Waals surface area contributed by atoms with Gasteiger partial charge in [0.2, 0.25) is 0 Å². The van der Waals surface area contributed by atoms with Gasteiger partial charge in [-0.15, -0.1) is 0 Å². The van der Waals surface area contributed by atoms with Gasteiger partial charge in [0.05, 0.1) is 6.54 Å². The maximum atomic E-state index is 11.3. The van der Waals surface area contributed by atoms with Gasteiger partial charge in [0.15, 0.2) is 4.67 Å². The van der Waals surface area contributed by atoms with E-state index in [1.807, 2.05) is 30.3 Å². The molecule has 0 bridgehead atoms. The maximum Gasteiger partial charge on any atom is 0.352 e. The van der Waals surface area contributed by atoms with Crippen molar-refractivity contribution in [2.75, 3.05) is 0 Å². The normalized spacial score (nSPS) is 11.0. The Kier molecular flexibility index (Phi) is 2.91. The zero-order chi connectivity index (χ0) is 13.4. The van der Waals surface area contributed by atoms with Gasteiger partial charge in [-0.3, -0.25) is 0 Å². The number of carboxylic acid groups (broad SMARTS) is 1. The summed E-state index contributed by atoms with van der Waals surface area (Å²) in [5.74, 6) is -0.238. The second-order valence-electron chi connectivity index (χ2n) is 4.19. The van der Waals surface area contributed by atoms with Crippen molar-refractivity contribution >= 4 is 32.8 Å². The van der Waals surface area contributed by atoms with Crippen LogP contribution in [-0.2, 0) is 6.54 Å². The number of carboxylic acids is 1. The highest BCUT2D eigenvalue weighted by Crippen LogP contribution is 2.23. The molecule has 96 valence electrons. The lowest BCUT2D eigenvalue weighted by Crippen LogP contribution is -2.08. The van der Waals surface area contributed by atoms with Crippen LogP contribution in [0.2, 0.25) is 0 Å². The van der Waals surface area contributed by atoms with Crippen molar-refractivity contribution in [3.8, 4) is 0 Å². The summed E-state index contributed by atoms with van der Waals surface area (Å²) in [5.41, 5.74) is 1.14. The van der Waals surface area contributed by atoms with Crippen molar-refractivity contribution in [1.29, 1.82) is 0 Å². The first-order valence-electron chi connectivity index (χ1n) is 5.71. The molecule has 2 heterocycles. The van der Waals surface area contributed by atoms with Crippen LogP contribution in [0.15, 0.2) is 51.6 Å². The molecule has 0 saturated carbocycles. The van der Waals surface area contributed by atoms with Crippen LogP contribution in [-0.4, -0.2) is 15.6 Å². The topological polar surface area (TPSA) is 55.4 Å². The Morgan fingerprint density at radius 2 is 2.05 bits per heavy atom. The van der Waals surface area contributed by atoms with Crippen molar-refractivity contribution in [1.82, 2.24) is 4.57 Å². The number of fused-ring (bicyclic) bond motifs is 1. The minimum absolute atomic E-state index is 0.258. The molecule has 0 aliphatic heterocycles. The molecule has 0 fully saturated rings. The van der Waals surface area contributed by atoms with Crippen LogP contribution in [0.4, 0.5) is 0 Å². The summed E-state index contributed by atoms with van der Waals surface area (Å²) in [5, 5.41) is 10.2. The first-order valence-corrected chi connectivity index (χ1v) is 6.50. The Hall–Kier alpha value is -2.01. The number of para-hydroxylation sites is 1. The Labute approximate surface area is 117 Å². The van der Waals surface area contributed by atoms with E-state index in [0.29, 0.717) is 17.0 Å². The van der Waals surface area contributed by atoms with E-state index >= 15 is 0 Å². The summed E-state index contributed by atoms with van der Waals surface area (Å²) >= 11 is 3.24. The molecule has 3 aromatic rings. The van der Waals surface area contributed by atoms with Gasteiger partial charge >= 0.3 is 5.97 Å². The molecule has 5 heteroatoms. The SMILES string of the molecule is O=C(O)c1cc2ccccc2n1Cc1ccc(Br)o1. The van der Waals surface area contributed by atoms with E-state index in [1.54, 1.807) is 16.7 Å². The van der Waals surface area contributed by atoms with E-state index in [-0.39, 0.29) is 5.69 Å². The zero-order valence-corrected chi connectivity index (χ0v) is 11.4. The third-order valence-corrected chi connectivity index (χ3v) is 3.40. The third kappa shape index (κ3) is 2.17. The number of benzene rings is 1. The number of rotatable bonds is 3. The quantitative estimate of drug-likeness (QED) is 0.800. The number of aromatic nitrogens is 1. The summed E-state index contributed by atoms with van der Waals surface area (Å²) in [6.07, 6.45) is 0. The average molecular weight is 320 g/mol. The number of furan rings is 1. The highest BCUT2D eigenvalue weighted by Gasteiger charge is 2.15. The molecule has 3 rings (SSSR count). The van der Waals surface area contributed by atoms with E-state index in [0.717, 1.165) is 10.9 Å². The number of hydrogen-bond acceptors (Lipinski definition) is 2. The standard InChI is InChI=1S/C14H10BrNO3/c15-13-6-5-10(19-13)8-16-11-4-2-1-3-9(11)7-12(16)14(17)18/h1-7H,8H2,(H,17,18). The Morgan fingerprint density at radius 3 is 2.74 bits per heavy atom. The molecule has 0 spiro atoms. The number of carbonyl (C=O) groups is 1. The molecule has 0 amide bonds. The predicted octanol–water partition coefficient (Wildman–Crippen LogP) is 3.74. The van der Waals surface area contributed by atoms with Crippen molar-refractivity contribution in [3.63, 3.8) is 0 Å². The third-order valence-electron chi connectivity index (χ3n) is 2.97. The number of aromatic carboxylic acids is 1. The fourth-order valence-electron chi connectivity index (χ4n) is 2.15. The lowest BCUT2D eigenvalue weighted by molar-refractivity contribution is 0.0686. The average Bonchev–Trinajstić information content (AvgIpc) is 2.95. The van der Waals surface area contributed by atoms with Gasteiger partial charge < -0.3 is 14.1 Å². The Morgan fingerprint density at radius 1 is 1.26 bits per heavy atom. The van der Waals surface area contributed by atoms with Crippen molar-refractivity contribution in [2.45, 2.75) is 6.54 Å². The zero-order valence-electron chi connectivity index (χ0n) is 9.84. The first-order chi connectivity index (χ1) is 9.15. The van der Waals surface area contributed by atoms with Gasteiger partial charge in [-0.2, -0.15) is 0 Å². The van der Waals surface area contributed by atoms with Crippen molar-refractivity contribution in [3.05, 3.63) is 58.6 Å². The minimum atomic E-state index is -0.943. The molecule has 0 atom stereocenters. The van der Waals surface area contributed by atoms with Crippen LogP contribution in [0.5, 0.6) is 0 Å². The summed E-state index contributed by atoms with van der Waals surface area (Å²) in [7, 11) is 0. The Bertz CT molecular complexity index is 757. The predicted molar refractivity (Wildman–Crippen MR) is 74.4 cm³/mol. The van der Waals surface area contributed by atoms with Crippen LogP contribution in [0.3, 0.4) is 0 Å².